The van der Waals surface area contributed by atoms with Crippen LogP contribution in [0.1, 0.15) is 6.92 Å². The smallest absolute Gasteiger partial charge is 0.223 e. The van der Waals surface area contributed by atoms with Crippen molar-refractivity contribution in [1.29, 1.82) is 0 Å². The van der Waals surface area contributed by atoms with Gasteiger partial charge in [0, 0.05) is 44.0 Å². The summed E-state index contributed by atoms with van der Waals surface area (Å²) in [5.74, 6) is -0.116. The van der Waals surface area contributed by atoms with Crippen molar-refractivity contribution >= 4 is 33.8 Å². The predicted molar refractivity (Wildman–Crippen MR) is 91.3 cm³/mol. The van der Waals surface area contributed by atoms with Crippen molar-refractivity contribution in [3.63, 3.8) is 0 Å². The minimum atomic E-state index is -0.116. The van der Waals surface area contributed by atoms with E-state index in [9.17, 15) is 4.79 Å². The van der Waals surface area contributed by atoms with Crippen molar-refractivity contribution in [2.45, 2.75) is 6.92 Å². The molecule has 3 rings (SSSR count). The van der Waals surface area contributed by atoms with Gasteiger partial charge in [0.1, 0.15) is 0 Å². The number of carbonyl (C=O) groups is 1. The summed E-state index contributed by atoms with van der Waals surface area (Å²) in [6, 6.07) is 6.03. The Morgan fingerprint density at radius 1 is 1.41 bits per heavy atom. The molecule has 4 N–H and O–H groups in total. The molecule has 1 fully saturated rings. The first-order valence-electron chi connectivity index (χ1n) is 7.22. The highest BCUT2D eigenvalue weighted by atomic mass is 32.1. The number of rotatable bonds is 3. The van der Waals surface area contributed by atoms with Crippen LogP contribution in [0.15, 0.2) is 23.6 Å². The second-order valence-corrected chi connectivity index (χ2v) is 6.09. The van der Waals surface area contributed by atoms with E-state index in [1.165, 1.54) is 18.3 Å². The van der Waals surface area contributed by atoms with Gasteiger partial charge in [0.15, 0.2) is 5.13 Å². The number of nitrogens with zero attached hydrogens (tertiary/aromatic N) is 2. The van der Waals surface area contributed by atoms with E-state index in [2.05, 4.69) is 20.5 Å². The van der Waals surface area contributed by atoms with E-state index >= 15 is 0 Å². The lowest BCUT2D eigenvalue weighted by Gasteiger charge is -2.30. The fourth-order valence-corrected chi connectivity index (χ4v) is 3.29. The predicted octanol–water partition coefficient (Wildman–Crippen LogP) is 1.76. The summed E-state index contributed by atoms with van der Waals surface area (Å²) in [5, 5.41) is 8.55. The van der Waals surface area contributed by atoms with Crippen LogP contribution in [0, 0.1) is 0 Å². The van der Waals surface area contributed by atoms with Crippen molar-refractivity contribution in [3.8, 4) is 11.3 Å². The van der Waals surface area contributed by atoms with Gasteiger partial charge in [-0.1, -0.05) is 6.07 Å². The number of aromatic nitrogens is 1. The van der Waals surface area contributed by atoms with Gasteiger partial charge < -0.3 is 21.3 Å². The molecule has 1 aromatic heterocycles. The second-order valence-electron chi connectivity index (χ2n) is 5.23. The molecule has 0 aliphatic carbocycles. The highest BCUT2D eigenvalue weighted by Crippen LogP contribution is 2.31. The number of nitrogens with one attached hydrogen (secondary N) is 2. The van der Waals surface area contributed by atoms with Gasteiger partial charge in [0.2, 0.25) is 5.91 Å². The molecular formula is C15H19N5OS. The average Bonchev–Trinajstić information content (AvgIpc) is 2.95. The van der Waals surface area contributed by atoms with Gasteiger partial charge >= 0.3 is 0 Å². The Kier molecular flexibility index (Phi) is 4.26. The van der Waals surface area contributed by atoms with Gasteiger partial charge in [0.25, 0.3) is 0 Å². The van der Waals surface area contributed by atoms with E-state index in [1.807, 2.05) is 23.6 Å². The van der Waals surface area contributed by atoms with Gasteiger partial charge in [0.05, 0.1) is 17.1 Å². The quantitative estimate of drug-likeness (QED) is 0.751. The molecule has 1 aromatic carbocycles. The Labute approximate surface area is 133 Å². The van der Waals surface area contributed by atoms with E-state index in [-0.39, 0.29) is 5.91 Å². The maximum atomic E-state index is 11.1. The number of nitrogens with two attached hydrogens (primary N) is 1. The van der Waals surface area contributed by atoms with Crippen LogP contribution in [-0.2, 0) is 4.79 Å². The van der Waals surface area contributed by atoms with E-state index in [1.54, 1.807) is 0 Å². The Balaban J connectivity index is 1.81. The van der Waals surface area contributed by atoms with Crippen molar-refractivity contribution in [2.24, 2.45) is 0 Å². The van der Waals surface area contributed by atoms with Gasteiger partial charge in [-0.2, -0.15) is 0 Å². The van der Waals surface area contributed by atoms with Crippen molar-refractivity contribution in [1.82, 2.24) is 10.3 Å². The first kappa shape index (κ1) is 14.8. The third-order valence-electron chi connectivity index (χ3n) is 3.57. The zero-order valence-corrected chi connectivity index (χ0v) is 13.2. The van der Waals surface area contributed by atoms with Crippen LogP contribution in [0.2, 0.25) is 0 Å². The van der Waals surface area contributed by atoms with Gasteiger partial charge in [-0.25, -0.2) is 4.98 Å². The summed E-state index contributed by atoms with van der Waals surface area (Å²) in [4.78, 5) is 17.8. The van der Waals surface area contributed by atoms with Crippen LogP contribution in [0.4, 0.5) is 16.5 Å². The van der Waals surface area contributed by atoms with E-state index in [0.717, 1.165) is 48.8 Å². The highest BCUT2D eigenvalue weighted by molar-refractivity contribution is 7.14. The third-order valence-corrected chi connectivity index (χ3v) is 4.33. The number of nitrogen functional groups attached to an aromatic ring is 1. The molecule has 116 valence electrons. The Morgan fingerprint density at radius 3 is 2.86 bits per heavy atom. The van der Waals surface area contributed by atoms with Crippen molar-refractivity contribution in [3.05, 3.63) is 23.6 Å². The molecule has 6 nitrogen and oxygen atoms in total. The Bertz CT molecular complexity index is 678. The molecule has 2 heterocycles. The molecular weight excluding hydrogens is 298 g/mol. The van der Waals surface area contributed by atoms with Gasteiger partial charge in [-0.3, -0.25) is 4.79 Å². The SMILES string of the molecule is CC(=O)Nc1nc(-c2ccc(N3CCNCC3)c(N)c2)cs1. The third kappa shape index (κ3) is 3.20. The van der Waals surface area contributed by atoms with Crippen LogP contribution in [0.5, 0.6) is 0 Å². The summed E-state index contributed by atoms with van der Waals surface area (Å²) in [6.45, 7) is 5.36. The number of thiazole rings is 1. The number of hydrogen-bond acceptors (Lipinski definition) is 6. The zero-order chi connectivity index (χ0) is 15.5. The molecule has 1 saturated heterocycles. The van der Waals surface area contributed by atoms with Crippen LogP contribution in [0.25, 0.3) is 11.3 Å². The minimum absolute atomic E-state index is 0.116. The molecule has 1 aliphatic rings. The minimum Gasteiger partial charge on any atom is -0.397 e. The van der Waals surface area contributed by atoms with Crippen LogP contribution in [-0.4, -0.2) is 37.1 Å². The molecule has 0 bridgehead atoms. The standard InChI is InChI=1S/C15H19N5OS/c1-10(21)18-15-19-13(9-22-15)11-2-3-14(12(16)8-11)20-6-4-17-5-7-20/h2-3,8-9,17H,4-7,16H2,1H3,(H,18,19,21). The van der Waals surface area contributed by atoms with Crippen molar-refractivity contribution in [2.75, 3.05) is 42.1 Å². The van der Waals surface area contributed by atoms with Crippen LogP contribution in [0.3, 0.4) is 0 Å². The Morgan fingerprint density at radius 2 is 2.18 bits per heavy atom. The summed E-state index contributed by atoms with van der Waals surface area (Å²) in [7, 11) is 0. The topological polar surface area (TPSA) is 83.3 Å². The largest absolute Gasteiger partial charge is 0.397 e. The number of benzene rings is 1. The molecule has 0 unspecified atom stereocenters. The maximum Gasteiger partial charge on any atom is 0.223 e. The molecule has 0 radical (unpaired) electrons. The fraction of sp³-hybridized carbons (Fsp3) is 0.333. The first-order valence-corrected chi connectivity index (χ1v) is 8.10. The highest BCUT2D eigenvalue weighted by Gasteiger charge is 2.14. The lowest BCUT2D eigenvalue weighted by atomic mass is 10.1. The zero-order valence-electron chi connectivity index (χ0n) is 12.4. The van der Waals surface area contributed by atoms with E-state index in [0.29, 0.717) is 5.13 Å². The summed E-state index contributed by atoms with van der Waals surface area (Å²) in [6.07, 6.45) is 0. The van der Waals surface area contributed by atoms with Gasteiger partial charge in [-0.05, 0) is 12.1 Å². The second kappa shape index (κ2) is 6.33. The molecule has 1 aliphatic heterocycles. The van der Waals surface area contributed by atoms with Gasteiger partial charge in [-0.15, -0.1) is 11.3 Å². The van der Waals surface area contributed by atoms with E-state index < -0.39 is 0 Å². The summed E-state index contributed by atoms with van der Waals surface area (Å²) in [5.41, 5.74) is 9.84. The normalized spacial score (nSPS) is 14.9. The summed E-state index contributed by atoms with van der Waals surface area (Å²) < 4.78 is 0. The van der Waals surface area contributed by atoms with E-state index in [4.69, 9.17) is 5.73 Å². The van der Waals surface area contributed by atoms with Crippen LogP contribution >= 0.6 is 11.3 Å². The lowest BCUT2D eigenvalue weighted by molar-refractivity contribution is -0.114. The fourth-order valence-electron chi connectivity index (χ4n) is 2.52. The molecule has 7 heteroatoms. The first-order chi connectivity index (χ1) is 10.6. The molecule has 0 saturated carbocycles. The number of amides is 1. The number of hydrogen-bond donors (Lipinski definition) is 3. The average molecular weight is 317 g/mol. The summed E-state index contributed by atoms with van der Waals surface area (Å²) >= 11 is 1.41. The molecule has 1 amide bonds. The molecule has 22 heavy (non-hydrogen) atoms. The lowest BCUT2D eigenvalue weighted by Crippen LogP contribution is -2.43. The number of piperazine rings is 1. The molecule has 0 spiro atoms. The molecule has 0 atom stereocenters. The van der Waals surface area contributed by atoms with Crippen LogP contribution < -0.4 is 21.3 Å². The van der Waals surface area contributed by atoms with Crippen molar-refractivity contribution < 1.29 is 4.79 Å². The molecule has 2 aromatic rings. The monoisotopic (exact) mass is 317 g/mol. The maximum absolute atomic E-state index is 11.1. The number of carbonyl (C=O) groups excluding carboxylic acids is 1. The Hall–Kier alpha value is -2.12. The number of anilines is 3.